The van der Waals surface area contributed by atoms with Crippen molar-refractivity contribution in [1.82, 2.24) is 10.3 Å². The summed E-state index contributed by atoms with van der Waals surface area (Å²) in [5.74, 6) is 0. The van der Waals surface area contributed by atoms with Crippen LogP contribution in [0.2, 0.25) is 0 Å². The van der Waals surface area contributed by atoms with E-state index in [1.54, 1.807) is 11.3 Å². The van der Waals surface area contributed by atoms with Gasteiger partial charge in [0.15, 0.2) is 0 Å². The maximum atomic E-state index is 5.64. The van der Waals surface area contributed by atoms with E-state index < -0.39 is 0 Å². The van der Waals surface area contributed by atoms with Crippen LogP contribution in [0.15, 0.2) is 30.5 Å². The van der Waals surface area contributed by atoms with Gasteiger partial charge in [-0.25, -0.2) is 4.98 Å². The summed E-state index contributed by atoms with van der Waals surface area (Å²) in [4.78, 5) is 5.79. The van der Waals surface area contributed by atoms with Gasteiger partial charge >= 0.3 is 0 Å². The number of rotatable bonds is 4. The Kier molecular flexibility index (Phi) is 3.92. The zero-order valence-corrected chi connectivity index (χ0v) is 11.9. The predicted molar refractivity (Wildman–Crippen MR) is 77.2 cm³/mol. The zero-order chi connectivity index (χ0) is 13.1. The van der Waals surface area contributed by atoms with E-state index in [-0.39, 0.29) is 6.04 Å². The number of ether oxygens (including phenoxy) is 1. The van der Waals surface area contributed by atoms with E-state index >= 15 is 0 Å². The van der Waals surface area contributed by atoms with E-state index in [0.29, 0.717) is 0 Å². The smallest absolute Gasteiger partial charge is 0.107 e. The van der Waals surface area contributed by atoms with Crippen molar-refractivity contribution in [3.8, 4) is 0 Å². The highest BCUT2D eigenvalue weighted by Gasteiger charge is 2.19. The topological polar surface area (TPSA) is 34.2 Å². The fourth-order valence-corrected chi connectivity index (χ4v) is 3.17. The lowest BCUT2D eigenvalue weighted by Gasteiger charge is -2.26. The molecule has 0 amide bonds. The Bertz CT molecular complexity index is 553. The largest absolute Gasteiger partial charge is 0.375 e. The minimum absolute atomic E-state index is 0.277. The minimum atomic E-state index is 0.277. The van der Waals surface area contributed by atoms with Gasteiger partial charge < -0.3 is 10.1 Å². The first-order chi connectivity index (χ1) is 9.36. The summed E-state index contributed by atoms with van der Waals surface area (Å²) in [5.41, 5.74) is 2.65. The van der Waals surface area contributed by atoms with E-state index in [9.17, 15) is 0 Å². The number of aryl methyl sites for hydroxylation is 1. The van der Waals surface area contributed by atoms with E-state index in [1.807, 2.05) is 6.20 Å². The highest BCUT2D eigenvalue weighted by Crippen LogP contribution is 2.25. The maximum absolute atomic E-state index is 5.64. The van der Waals surface area contributed by atoms with Gasteiger partial charge in [0.05, 0.1) is 19.3 Å². The normalized spacial score (nSPS) is 18.3. The minimum Gasteiger partial charge on any atom is -0.375 e. The molecule has 1 unspecified atom stereocenters. The molecule has 0 fully saturated rings. The number of nitrogens with one attached hydrogen (secondary N) is 1. The number of aromatic nitrogens is 1. The van der Waals surface area contributed by atoms with Gasteiger partial charge in [-0.1, -0.05) is 31.2 Å². The number of hydrogen-bond acceptors (Lipinski definition) is 4. The van der Waals surface area contributed by atoms with Crippen LogP contribution in [0.5, 0.6) is 0 Å². The summed E-state index contributed by atoms with van der Waals surface area (Å²) in [6, 6.07) is 8.77. The number of benzene rings is 1. The molecular formula is C15H18N2OS. The van der Waals surface area contributed by atoms with E-state index in [2.05, 4.69) is 41.5 Å². The first-order valence-electron chi connectivity index (χ1n) is 6.69. The molecule has 19 heavy (non-hydrogen) atoms. The Morgan fingerprint density at radius 1 is 1.42 bits per heavy atom. The van der Waals surface area contributed by atoms with Crippen LogP contribution in [-0.4, -0.2) is 11.6 Å². The third-order valence-corrected chi connectivity index (χ3v) is 4.56. The molecule has 1 aliphatic rings. The lowest BCUT2D eigenvalue weighted by atomic mass is 9.99. The molecule has 1 N–H and O–H groups in total. The van der Waals surface area contributed by atoms with Crippen LogP contribution in [0.1, 0.15) is 34.0 Å². The molecule has 0 saturated heterocycles. The standard InChI is InChI=1S/C15H18N2OS/c1-2-12-7-17-15(19-12)8-16-14-10-18-9-11-5-3-4-6-13(11)14/h3-7,14,16H,2,8-10H2,1H3. The van der Waals surface area contributed by atoms with Crippen molar-refractivity contribution in [2.24, 2.45) is 0 Å². The van der Waals surface area contributed by atoms with Crippen LogP contribution < -0.4 is 5.32 Å². The Balaban J connectivity index is 1.68. The quantitative estimate of drug-likeness (QED) is 0.930. The van der Waals surface area contributed by atoms with Crippen molar-refractivity contribution in [3.63, 3.8) is 0 Å². The molecule has 1 aromatic heterocycles. The average Bonchev–Trinajstić information content (AvgIpc) is 2.93. The molecule has 0 radical (unpaired) electrons. The number of thiazole rings is 1. The van der Waals surface area contributed by atoms with Gasteiger partial charge in [-0.3, -0.25) is 0 Å². The van der Waals surface area contributed by atoms with Gasteiger partial charge in [0.2, 0.25) is 0 Å². The SMILES string of the molecule is CCc1cnc(CNC2COCc3ccccc32)s1. The number of nitrogens with zero attached hydrogens (tertiary/aromatic N) is 1. The summed E-state index contributed by atoms with van der Waals surface area (Å²) < 4.78 is 5.64. The molecule has 0 bridgehead atoms. The van der Waals surface area contributed by atoms with Gasteiger partial charge in [-0.05, 0) is 17.5 Å². The fourth-order valence-electron chi connectivity index (χ4n) is 2.35. The summed E-state index contributed by atoms with van der Waals surface area (Å²) in [7, 11) is 0. The second kappa shape index (κ2) is 5.82. The molecular weight excluding hydrogens is 256 g/mol. The zero-order valence-electron chi connectivity index (χ0n) is 11.1. The maximum Gasteiger partial charge on any atom is 0.107 e. The van der Waals surface area contributed by atoms with Crippen molar-refractivity contribution in [2.75, 3.05) is 6.61 Å². The van der Waals surface area contributed by atoms with Crippen LogP contribution in [-0.2, 0) is 24.3 Å². The molecule has 1 atom stereocenters. The molecule has 0 saturated carbocycles. The molecule has 0 aliphatic carbocycles. The number of hydrogen-bond donors (Lipinski definition) is 1. The molecule has 100 valence electrons. The van der Waals surface area contributed by atoms with Crippen molar-refractivity contribution < 1.29 is 4.74 Å². The van der Waals surface area contributed by atoms with Crippen LogP contribution in [0.25, 0.3) is 0 Å². The summed E-state index contributed by atoms with van der Waals surface area (Å²) >= 11 is 1.79. The third-order valence-electron chi connectivity index (χ3n) is 3.42. The fraction of sp³-hybridized carbons (Fsp3) is 0.400. The Morgan fingerprint density at radius 3 is 3.16 bits per heavy atom. The Labute approximate surface area is 117 Å². The highest BCUT2D eigenvalue weighted by atomic mass is 32.1. The second-order valence-electron chi connectivity index (χ2n) is 4.72. The predicted octanol–water partition coefficient (Wildman–Crippen LogP) is 3.07. The Hall–Kier alpha value is -1.23. The van der Waals surface area contributed by atoms with Crippen molar-refractivity contribution in [3.05, 3.63) is 51.5 Å². The monoisotopic (exact) mass is 274 g/mol. The van der Waals surface area contributed by atoms with Gasteiger partial charge in [-0.2, -0.15) is 0 Å². The van der Waals surface area contributed by atoms with Gasteiger partial charge in [-0.15, -0.1) is 11.3 Å². The van der Waals surface area contributed by atoms with Gasteiger partial charge in [0, 0.05) is 17.6 Å². The average molecular weight is 274 g/mol. The van der Waals surface area contributed by atoms with Gasteiger partial charge in [0.1, 0.15) is 5.01 Å². The molecule has 3 nitrogen and oxygen atoms in total. The summed E-state index contributed by atoms with van der Waals surface area (Å²) in [6.07, 6.45) is 3.04. The molecule has 1 aromatic carbocycles. The molecule has 4 heteroatoms. The molecule has 0 spiro atoms. The van der Waals surface area contributed by atoms with Crippen LogP contribution in [0.4, 0.5) is 0 Å². The first-order valence-corrected chi connectivity index (χ1v) is 7.51. The number of fused-ring (bicyclic) bond motifs is 1. The van der Waals surface area contributed by atoms with E-state index in [0.717, 1.165) is 31.2 Å². The molecule has 3 rings (SSSR count). The summed E-state index contributed by atoms with van der Waals surface area (Å²) in [6.45, 7) is 4.44. The van der Waals surface area contributed by atoms with Crippen molar-refractivity contribution >= 4 is 11.3 Å². The lowest BCUT2D eigenvalue weighted by Crippen LogP contribution is -2.29. The Morgan fingerprint density at radius 2 is 2.32 bits per heavy atom. The van der Waals surface area contributed by atoms with Gasteiger partial charge in [0.25, 0.3) is 0 Å². The summed E-state index contributed by atoms with van der Waals surface area (Å²) in [5, 5.41) is 4.71. The van der Waals surface area contributed by atoms with Crippen LogP contribution in [0, 0.1) is 0 Å². The van der Waals surface area contributed by atoms with Crippen molar-refractivity contribution in [2.45, 2.75) is 32.5 Å². The van der Waals surface area contributed by atoms with E-state index in [4.69, 9.17) is 4.74 Å². The lowest BCUT2D eigenvalue weighted by molar-refractivity contribution is 0.0817. The second-order valence-corrected chi connectivity index (χ2v) is 5.92. The molecule has 2 aromatic rings. The molecule has 1 aliphatic heterocycles. The first kappa shape index (κ1) is 12.8. The van der Waals surface area contributed by atoms with Crippen molar-refractivity contribution in [1.29, 1.82) is 0 Å². The molecule has 2 heterocycles. The third kappa shape index (κ3) is 2.86. The van der Waals surface area contributed by atoms with E-state index in [1.165, 1.54) is 16.0 Å². The highest BCUT2D eigenvalue weighted by molar-refractivity contribution is 7.11. The van der Waals surface area contributed by atoms with Crippen LogP contribution >= 0.6 is 11.3 Å². The van der Waals surface area contributed by atoms with Crippen LogP contribution in [0.3, 0.4) is 0 Å².